The summed E-state index contributed by atoms with van der Waals surface area (Å²) in [5, 5.41) is 0. The topological polar surface area (TPSA) is 12.5 Å². The van der Waals surface area contributed by atoms with E-state index in [-0.39, 0.29) is 6.10 Å². The van der Waals surface area contributed by atoms with Crippen LogP contribution in [0.15, 0.2) is 35.9 Å². The summed E-state index contributed by atoms with van der Waals surface area (Å²) in [5.74, 6) is 1.33. The van der Waals surface area contributed by atoms with Gasteiger partial charge in [0, 0.05) is 31.6 Å². The highest BCUT2D eigenvalue weighted by Crippen LogP contribution is 2.51. The summed E-state index contributed by atoms with van der Waals surface area (Å²) < 4.78 is 6.69. The molecular formula is C21H29NO. The van der Waals surface area contributed by atoms with Gasteiger partial charge >= 0.3 is 0 Å². The van der Waals surface area contributed by atoms with E-state index >= 15 is 0 Å². The van der Waals surface area contributed by atoms with E-state index in [9.17, 15) is 0 Å². The minimum Gasteiger partial charge on any atom is -0.378 e. The number of benzene rings is 1. The minimum absolute atomic E-state index is 0.275. The van der Waals surface area contributed by atoms with Crippen LogP contribution < -0.4 is 4.90 Å². The third kappa shape index (κ3) is 2.82. The van der Waals surface area contributed by atoms with Gasteiger partial charge in [-0.15, -0.1) is 0 Å². The Morgan fingerprint density at radius 2 is 1.65 bits per heavy atom. The van der Waals surface area contributed by atoms with Crippen molar-refractivity contribution < 1.29 is 4.74 Å². The van der Waals surface area contributed by atoms with Gasteiger partial charge in [-0.05, 0) is 49.8 Å². The first-order valence-corrected chi connectivity index (χ1v) is 9.37. The van der Waals surface area contributed by atoms with Crippen molar-refractivity contribution in [3.05, 3.63) is 41.5 Å². The summed E-state index contributed by atoms with van der Waals surface area (Å²) in [7, 11) is 4.20. The maximum atomic E-state index is 6.69. The third-order valence-electron chi connectivity index (χ3n) is 6.08. The van der Waals surface area contributed by atoms with Crippen molar-refractivity contribution in [3.63, 3.8) is 0 Å². The fourth-order valence-corrected chi connectivity index (χ4v) is 4.87. The lowest BCUT2D eigenvalue weighted by Gasteiger charge is -2.47. The van der Waals surface area contributed by atoms with Gasteiger partial charge in [-0.25, -0.2) is 0 Å². The van der Waals surface area contributed by atoms with Gasteiger partial charge in [0.2, 0.25) is 0 Å². The van der Waals surface area contributed by atoms with Crippen molar-refractivity contribution in [1.29, 1.82) is 0 Å². The van der Waals surface area contributed by atoms with Crippen molar-refractivity contribution in [2.24, 2.45) is 11.8 Å². The molecule has 1 aromatic carbocycles. The molecule has 4 rings (SSSR count). The number of anilines is 1. The summed E-state index contributed by atoms with van der Waals surface area (Å²) in [6, 6.07) is 9.04. The Balaban J connectivity index is 1.64. The Morgan fingerprint density at radius 3 is 2.43 bits per heavy atom. The minimum atomic E-state index is 0.275. The first-order chi connectivity index (χ1) is 11.2. The maximum absolute atomic E-state index is 6.69. The molecule has 0 amide bonds. The van der Waals surface area contributed by atoms with Crippen LogP contribution in [0.4, 0.5) is 5.69 Å². The normalized spacial score (nSPS) is 33.4. The van der Waals surface area contributed by atoms with Crippen LogP contribution in [0.25, 0.3) is 0 Å². The second-order valence-corrected chi connectivity index (χ2v) is 7.71. The lowest BCUT2D eigenvalue weighted by Crippen LogP contribution is -2.41. The summed E-state index contributed by atoms with van der Waals surface area (Å²) >= 11 is 0. The van der Waals surface area contributed by atoms with Gasteiger partial charge in [0.25, 0.3) is 0 Å². The average molecular weight is 311 g/mol. The Kier molecular flexibility index (Phi) is 4.19. The zero-order valence-electron chi connectivity index (χ0n) is 14.5. The van der Waals surface area contributed by atoms with Gasteiger partial charge in [0.1, 0.15) is 0 Å². The Morgan fingerprint density at radius 1 is 0.913 bits per heavy atom. The molecule has 23 heavy (non-hydrogen) atoms. The van der Waals surface area contributed by atoms with E-state index < -0.39 is 0 Å². The number of hydrogen-bond acceptors (Lipinski definition) is 2. The summed E-state index contributed by atoms with van der Waals surface area (Å²) in [4.78, 5) is 2.16. The van der Waals surface area contributed by atoms with Crippen LogP contribution in [-0.2, 0) is 4.74 Å². The third-order valence-corrected chi connectivity index (χ3v) is 6.08. The molecule has 2 aliphatic carbocycles. The standard InChI is InChI=1S/C21H29NO/c1-22(2)16-13-11-15(12-14-16)21-19-9-4-3-7-17(19)18-8-5-6-10-20(18)23-21/h7,11-14,18-21H,3-6,8-10H2,1-2H3/t18-,19+,20-,21+/m0/s1. The molecular weight excluding hydrogens is 282 g/mol. The summed E-state index contributed by atoms with van der Waals surface area (Å²) in [6.45, 7) is 0. The molecule has 1 saturated carbocycles. The summed E-state index contributed by atoms with van der Waals surface area (Å²) in [6.07, 6.45) is 12.5. The van der Waals surface area contributed by atoms with Crippen LogP contribution in [0.2, 0.25) is 0 Å². The molecule has 0 unspecified atom stereocenters. The zero-order chi connectivity index (χ0) is 15.8. The van der Waals surface area contributed by atoms with Gasteiger partial charge in [-0.2, -0.15) is 0 Å². The molecule has 2 fully saturated rings. The van der Waals surface area contributed by atoms with Crippen LogP contribution in [0.3, 0.4) is 0 Å². The summed E-state index contributed by atoms with van der Waals surface area (Å²) in [5.41, 5.74) is 4.38. The largest absolute Gasteiger partial charge is 0.378 e. The lowest BCUT2D eigenvalue weighted by atomic mass is 9.68. The highest BCUT2D eigenvalue weighted by molar-refractivity contribution is 5.46. The number of ether oxygens (including phenoxy) is 1. The highest BCUT2D eigenvalue weighted by Gasteiger charge is 2.43. The Bertz CT molecular complexity index is 574. The first-order valence-electron chi connectivity index (χ1n) is 9.37. The van der Waals surface area contributed by atoms with E-state index in [0.29, 0.717) is 17.9 Å². The quantitative estimate of drug-likeness (QED) is 0.704. The van der Waals surface area contributed by atoms with Crippen LogP contribution in [0.5, 0.6) is 0 Å². The van der Waals surface area contributed by atoms with Crippen LogP contribution in [0.1, 0.15) is 56.6 Å². The number of hydrogen-bond donors (Lipinski definition) is 0. The van der Waals surface area contributed by atoms with Crippen molar-refractivity contribution >= 4 is 5.69 Å². The molecule has 3 aliphatic rings. The van der Waals surface area contributed by atoms with E-state index in [1.54, 1.807) is 5.57 Å². The van der Waals surface area contributed by atoms with E-state index in [1.165, 1.54) is 56.2 Å². The number of allylic oxidation sites excluding steroid dienone is 1. The van der Waals surface area contributed by atoms with Crippen molar-refractivity contribution in [1.82, 2.24) is 0 Å². The SMILES string of the molecule is CN(C)c1ccc([C@H]2O[C@H]3CCCC[C@H]3C3=CCCC[C@H]32)cc1. The second kappa shape index (κ2) is 6.32. The molecule has 2 heteroatoms. The molecule has 0 bridgehead atoms. The molecule has 124 valence electrons. The highest BCUT2D eigenvalue weighted by atomic mass is 16.5. The number of rotatable bonds is 2. The molecule has 4 atom stereocenters. The van der Waals surface area contributed by atoms with Crippen molar-refractivity contribution in [3.8, 4) is 0 Å². The molecule has 0 N–H and O–H groups in total. The van der Waals surface area contributed by atoms with Crippen LogP contribution in [-0.4, -0.2) is 20.2 Å². The van der Waals surface area contributed by atoms with E-state index in [0.717, 1.165) is 0 Å². The molecule has 2 nitrogen and oxygen atoms in total. The molecule has 0 radical (unpaired) electrons. The first kappa shape index (κ1) is 15.3. The van der Waals surface area contributed by atoms with Gasteiger partial charge in [0.05, 0.1) is 12.2 Å². The Hall–Kier alpha value is -1.28. The van der Waals surface area contributed by atoms with Gasteiger partial charge in [0.15, 0.2) is 0 Å². The fourth-order valence-electron chi connectivity index (χ4n) is 4.87. The number of nitrogens with zero attached hydrogens (tertiary/aromatic N) is 1. The molecule has 0 spiro atoms. The fraction of sp³-hybridized carbons (Fsp3) is 0.619. The molecule has 1 saturated heterocycles. The zero-order valence-corrected chi connectivity index (χ0v) is 14.5. The van der Waals surface area contributed by atoms with Crippen molar-refractivity contribution in [2.75, 3.05) is 19.0 Å². The van der Waals surface area contributed by atoms with Crippen LogP contribution in [0, 0.1) is 11.8 Å². The van der Waals surface area contributed by atoms with E-state index in [4.69, 9.17) is 4.74 Å². The van der Waals surface area contributed by atoms with E-state index in [2.05, 4.69) is 49.3 Å². The van der Waals surface area contributed by atoms with Crippen LogP contribution >= 0.6 is 0 Å². The smallest absolute Gasteiger partial charge is 0.0894 e. The van der Waals surface area contributed by atoms with E-state index in [1.807, 2.05) is 0 Å². The molecule has 1 aliphatic heterocycles. The molecule has 1 aromatic rings. The Labute approximate surface area is 140 Å². The monoisotopic (exact) mass is 311 g/mol. The molecule has 1 heterocycles. The average Bonchev–Trinajstić information content (AvgIpc) is 2.61. The van der Waals surface area contributed by atoms with Crippen molar-refractivity contribution in [2.45, 2.75) is 57.2 Å². The second-order valence-electron chi connectivity index (χ2n) is 7.71. The maximum Gasteiger partial charge on any atom is 0.0894 e. The van der Waals surface area contributed by atoms with Gasteiger partial charge < -0.3 is 9.64 Å². The van der Waals surface area contributed by atoms with Gasteiger partial charge in [-0.1, -0.05) is 36.6 Å². The predicted molar refractivity (Wildman–Crippen MR) is 95.8 cm³/mol. The predicted octanol–water partition coefficient (Wildman–Crippen LogP) is 5.11. The van der Waals surface area contributed by atoms with Gasteiger partial charge in [-0.3, -0.25) is 0 Å². The number of fused-ring (bicyclic) bond motifs is 3. The lowest BCUT2D eigenvalue weighted by molar-refractivity contribution is -0.106. The molecule has 0 aromatic heterocycles.